The van der Waals surface area contributed by atoms with Gasteiger partial charge in [0.05, 0.1) is 24.4 Å². The Hall–Kier alpha value is -1.30. The summed E-state index contributed by atoms with van der Waals surface area (Å²) in [4.78, 5) is 17.9. The van der Waals surface area contributed by atoms with E-state index in [1.165, 1.54) is 24.4 Å². The number of carbonyl (C=O) groups is 1. The SMILES string of the molecule is CSOc1cnc(C(N)=O)nc1. The maximum Gasteiger partial charge on any atom is 0.286 e. The summed E-state index contributed by atoms with van der Waals surface area (Å²) < 4.78 is 4.98. The Labute approximate surface area is 73.5 Å². The number of hydrogen-bond donors (Lipinski definition) is 1. The molecule has 0 aliphatic carbocycles. The van der Waals surface area contributed by atoms with E-state index in [-0.39, 0.29) is 5.82 Å². The number of aromatic nitrogens is 2. The number of primary amides is 1. The van der Waals surface area contributed by atoms with E-state index < -0.39 is 5.91 Å². The molecule has 0 fully saturated rings. The van der Waals surface area contributed by atoms with Gasteiger partial charge in [0, 0.05) is 6.26 Å². The number of hydrogen-bond acceptors (Lipinski definition) is 5. The van der Waals surface area contributed by atoms with Crippen molar-refractivity contribution in [1.29, 1.82) is 0 Å². The highest BCUT2D eigenvalue weighted by Gasteiger charge is 2.02. The van der Waals surface area contributed by atoms with Crippen LogP contribution in [-0.4, -0.2) is 22.1 Å². The Kier molecular flexibility index (Phi) is 2.87. The van der Waals surface area contributed by atoms with E-state index in [2.05, 4.69) is 9.97 Å². The van der Waals surface area contributed by atoms with Crippen molar-refractivity contribution in [1.82, 2.24) is 9.97 Å². The molecule has 1 rings (SSSR count). The van der Waals surface area contributed by atoms with Gasteiger partial charge >= 0.3 is 0 Å². The van der Waals surface area contributed by atoms with Crippen LogP contribution < -0.4 is 9.92 Å². The van der Waals surface area contributed by atoms with Crippen LogP contribution in [0.5, 0.6) is 5.75 Å². The Balaban J connectivity index is 2.78. The molecule has 0 radical (unpaired) electrons. The van der Waals surface area contributed by atoms with E-state index in [0.29, 0.717) is 5.75 Å². The molecule has 2 N–H and O–H groups in total. The van der Waals surface area contributed by atoms with Crippen LogP contribution in [0.15, 0.2) is 12.4 Å². The van der Waals surface area contributed by atoms with Crippen molar-refractivity contribution in [2.24, 2.45) is 5.73 Å². The molecule has 0 aliphatic heterocycles. The first-order chi connectivity index (χ1) is 5.74. The molecular formula is C6H7N3O2S. The molecule has 1 amide bonds. The Morgan fingerprint density at radius 1 is 1.58 bits per heavy atom. The summed E-state index contributed by atoms with van der Waals surface area (Å²) in [7, 11) is 0. The van der Waals surface area contributed by atoms with Crippen LogP contribution in [0.25, 0.3) is 0 Å². The Bertz CT molecular complexity index is 275. The summed E-state index contributed by atoms with van der Waals surface area (Å²) in [5, 5.41) is 0. The minimum atomic E-state index is -0.647. The van der Waals surface area contributed by atoms with Gasteiger partial charge in [0.15, 0.2) is 5.75 Å². The molecule has 0 aromatic carbocycles. The molecule has 1 aromatic heterocycles. The van der Waals surface area contributed by atoms with Crippen molar-refractivity contribution in [3.05, 3.63) is 18.2 Å². The molecule has 0 bridgehead atoms. The van der Waals surface area contributed by atoms with Crippen molar-refractivity contribution in [2.75, 3.05) is 6.26 Å². The molecule has 0 unspecified atom stereocenters. The molecular weight excluding hydrogens is 178 g/mol. The van der Waals surface area contributed by atoms with Gasteiger partial charge < -0.3 is 9.92 Å². The second-order valence-corrected chi connectivity index (χ2v) is 2.36. The van der Waals surface area contributed by atoms with Crippen LogP contribution in [0.2, 0.25) is 0 Å². The normalized spacial score (nSPS) is 9.42. The summed E-state index contributed by atoms with van der Waals surface area (Å²) in [5.74, 6) is -0.165. The van der Waals surface area contributed by atoms with Crippen molar-refractivity contribution >= 4 is 17.9 Å². The van der Waals surface area contributed by atoms with Gasteiger partial charge in [0.1, 0.15) is 0 Å². The molecule has 5 nitrogen and oxygen atoms in total. The highest BCUT2D eigenvalue weighted by Crippen LogP contribution is 2.10. The molecule has 0 atom stereocenters. The average molecular weight is 185 g/mol. The van der Waals surface area contributed by atoms with Crippen LogP contribution in [0.1, 0.15) is 10.6 Å². The molecule has 6 heteroatoms. The van der Waals surface area contributed by atoms with Crippen molar-refractivity contribution in [3.63, 3.8) is 0 Å². The van der Waals surface area contributed by atoms with Gasteiger partial charge in [-0.25, -0.2) is 9.97 Å². The topological polar surface area (TPSA) is 78.1 Å². The summed E-state index contributed by atoms with van der Waals surface area (Å²) in [6.07, 6.45) is 4.55. The fourth-order valence-corrected chi connectivity index (χ4v) is 0.861. The lowest BCUT2D eigenvalue weighted by atomic mass is 10.5. The van der Waals surface area contributed by atoms with Crippen molar-refractivity contribution < 1.29 is 8.98 Å². The lowest BCUT2D eigenvalue weighted by Crippen LogP contribution is -2.14. The van der Waals surface area contributed by atoms with Gasteiger partial charge in [0.2, 0.25) is 5.82 Å². The molecule has 0 saturated carbocycles. The highest BCUT2D eigenvalue weighted by atomic mass is 32.2. The number of amides is 1. The first kappa shape index (κ1) is 8.79. The zero-order chi connectivity index (χ0) is 8.97. The van der Waals surface area contributed by atoms with E-state index >= 15 is 0 Å². The second-order valence-electron chi connectivity index (χ2n) is 1.86. The third-order valence-electron chi connectivity index (χ3n) is 1.03. The fraction of sp³-hybridized carbons (Fsp3) is 0.167. The van der Waals surface area contributed by atoms with Crippen molar-refractivity contribution in [2.45, 2.75) is 0 Å². The summed E-state index contributed by atoms with van der Waals surface area (Å²) in [5.41, 5.74) is 4.93. The van der Waals surface area contributed by atoms with E-state index in [1.807, 2.05) is 0 Å². The fourth-order valence-electron chi connectivity index (χ4n) is 0.583. The van der Waals surface area contributed by atoms with Crippen LogP contribution in [0, 0.1) is 0 Å². The van der Waals surface area contributed by atoms with Crippen LogP contribution in [0.3, 0.4) is 0 Å². The van der Waals surface area contributed by atoms with E-state index in [4.69, 9.17) is 9.92 Å². The van der Waals surface area contributed by atoms with Crippen LogP contribution in [0.4, 0.5) is 0 Å². The zero-order valence-electron chi connectivity index (χ0n) is 6.35. The largest absolute Gasteiger partial charge is 0.423 e. The van der Waals surface area contributed by atoms with Gasteiger partial charge in [-0.3, -0.25) is 4.79 Å². The predicted octanol–water partition coefficient (Wildman–Crippen LogP) is 0.232. The van der Waals surface area contributed by atoms with Crippen LogP contribution in [-0.2, 0) is 0 Å². The standard InChI is InChI=1S/C6H7N3O2S/c1-12-11-4-2-8-6(5(7)10)9-3-4/h2-3H,1H3,(H2,7,10). The second kappa shape index (κ2) is 3.91. The number of nitrogens with two attached hydrogens (primary N) is 1. The minimum absolute atomic E-state index is 0.0107. The molecule has 64 valence electrons. The number of carbonyl (C=O) groups excluding carboxylic acids is 1. The predicted molar refractivity (Wildman–Crippen MR) is 44.7 cm³/mol. The molecule has 0 aliphatic rings. The lowest BCUT2D eigenvalue weighted by molar-refractivity contribution is 0.0990. The quantitative estimate of drug-likeness (QED) is 0.682. The number of nitrogens with zero attached hydrogens (tertiary/aromatic N) is 2. The van der Waals surface area contributed by atoms with Gasteiger partial charge in [-0.2, -0.15) is 0 Å². The summed E-state index contributed by atoms with van der Waals surface area (Å²) in [6.45, 7) is 0. The minimum Gasteiger partial charge on any atom is -0.423 e. The van der Waals surface area contributed by atoms with Gasteiger partial charge in [-0.15, -0.1) is 0 Å². The van der Waals surface area contributed by atoms with E-state index in [9.17, 15) is 4.79 Å². The summed E-state index contributed by atoms with van der Waals surface area (Å²) in [6, 6.07) is 0. The monoisotopic (exact) mass is 185 g/mol. The highest BCUT2D eigenvalue weighted by molar-refractivity contribution is 7.94. The average Bonchev–Trinajstić information content (AvgIpc) is 2.06. The van der Waals surface area contributed by atoms with Gasteiger partial charge in [0.25, 0.3) is 5.91 Å². The molecule has 1 aromatic rings. The van der Waals surface area contributed by atoms with E-state index in [1.54, 1.807) is 6.26 Å². The maximum atomic E-state index is 10.5. The molecule has 0 spiro atoms. The molecule has 0 saturated heterocycles. The Morgan fingerprint density at radius 2 is 2.17 bits per heavy atom. The third kappa shape index (κ3) is 2.09. The smallest absolute Gasteiger partial charge is 0.286 e. The first-order valence-corrected chi connectivity index (χ1v) is 4.21. The zero-order valence-corrected chi connectivity index (χ0v) is 7.17. The first-order valence-electron chi connectivity index (χ1n) is 3.06. The van der Waals surface area contributed by atoms with E-state index in [0.717, 1.165) is 0 Å². The van der Waals surface area contributed by atoms with Gasteiger partial charge in [-0.05, 0) is 0 Å². The lowest BCUT2D eigenvalue weighted by Gasteiger charge is -1.98. The summed E-state index contributed by atoms with van der Waals surface area (Å²) >= 11 is 1.17. The number of rotatable bonds is 3. The van der Waals surface area contributed by atoms with Gasteiger partial charge in [-0.1, -0.05) is 0 Å². The Morgan fingerprint density at radius 3 is 2.58 bits per heavy atom. The maximum absolute atomic E-state index is 10.5. The third-order valence-corrected chi connectivity index (χ3v) is 1.39. The molecule has 1 heterocycles. The van der Waals surface area contributed by atoms with Crippen molar-refractivity contribution in [3.8, 4) is 5.75 Å². The van der Waals surface area contributed by atoms with Crippen LogP contribution >= 0.6 is 12.0 Å². The molecule has 12 heavy (non-hydrogen) atoms.